The maximum absolute atomic E-state index is 12.3. The molecule has 5 nitrogen and oxygen atoms in total. The van der Waals surface area contributed by atoms with Gasteiger partial charge in [-0.3, -0.25) is 4.79 Å². The van der Waals surface area contributed by atoms with Crippen molar-refractivity contribution in [3.63, 3.8) is 0 Å². The molecule has 1 aromatic heterocycles. The zero-order chi connectivity index (χ0) is 15.5. The van der Waals surface area contributed by atoms with E-state index in [-0.39, 0.29) is 17.6 Å². The molecule has 1 aromatic rings. The Labute approximate surface area is 130 Å². The van der Waals surface area contributed by atoms with Gasteiger partial charge in [-0.25, -0.2) is 12.7 Å². The molecule has 0 saturated carbocycles. The highest BCUT2D eigenvalue weighted by Gasteiger charge is 2.28. The third-order valence-electron chi connectivity index (χ3n) is 3.91. The van der Waals surface area contributed by atoms with Gasteiger partial charge >= 0.3 is 0 Å². The Hall–Kier alpha value is -0.920. The number of amides is 1. The molecule has 1 fully saturated rings. The Morgan fingerprint density at radius 3 is 2.86 bits per heavy atom. The van der Waals surface area contributed by atoms with Crippen LogP contribution in [0.15, 0.2) is 17.5 Å². The van der Waals surface area contributed by atoms with E-state index in [0.29, 0.717) is 19.5 Å². The second-order valence-corrected chi connectivity index (χ2v) is 8.77. The van der Waals surface area contributed by atoms with Crippen LogP contribution in [0.25, 0.3) is 0 Å². The van der Waals surface area contributed by atoms with Crippen LogP contribution >= 0.6 is 11.3 Å². The van der Waals surface area contributed by atoms with Crippen molar-refractivity contribution in [2.24, 2.45) is 5.92 Å². The molecule has 21 heavy (non-hydrogen) atoms. The van der Waals surface area contributed by atoms with Crippen molar-refractivity contribution in [2.75, 3.05) is 32.4 Å². The van der Waals surface area contributed by atoms with E-state index >= 15 is 0 Å². The fourth-order valence-corrected chi connectivity index (χ4v) is 4.65. The number of rotatable bonds is 6. The Kier molecular flexibility index (Phi) is 5.40. The van der Waals surface area contributed by atoms with Gasteiger partial charge in [0.05, 0.1) is 5.75 Å². The van der Waals surface area contributed by atoms with E-state index in [1.807, 2.05) is 17.5 Å². The van der Waals surface area contributed by atoms with Crippen molar-refractivity contribution in [3.8, 4) is 0 Å². The average molecular weight is 330 g/mol. The van der Waals surface area contributed by atoms with E-state index in [9.17, 15) is 13.2 Å². The zero-order valence-corrected chi connectivity index (χ0v) is 14.1. The van der Waals surface area contributed by atoms with Crippen LogP contribution in [0.2, 0.25) is 0 Å². The molecule has 0 N–H and O–H groups in total. The van der Waals surface area contributed by atoms with Crippen LogP contribution in [-0.4, -0.2) is 56.0 Å². The number of carbonyl (C=O) groups is 1. The lowest BCUT2D eigenvalue weighted by Gasteiger charge is -2.21. The molecule has 0 bridgehead atoms. The number of aryl methyl sites for hydroxylation is 1. The van der Waals surface area contributed by atoms with Gasteiger partial charge in [0, 0.05) is 38.5 Å². The molecule has 2 heterocycles. The van der Waals surface area contributed by atoms with Crippen molar-refractivity contribution < 1.29 is 13.2 Å². The number of thiophene rings is 1. The summed E-state index contributed by atoms with van der Waals surface area (Å²) in [7, 11) is -1.59. The SMILES string of the molecule is CC(=O)N1CCC(CN(C)S(=O)(=O)CCc2cccs2)C1. The van der Waals surface area contributed by atoms with Crippen molar-refractivity contribution in [1.82, 2.24) is 9.21 Å². The fourth-order valence-electron chi connectivity index (χ4n) is 2.59. The molecular formula is C14H22N2O3S2. The van der Waals surface area contributed by atoms with E-state index in [1.165, 1.54) is 4.31 Å². The molecule has 2 rings (SSSR count). The van der Waals surface area contributed by atoms with Gasteiger partial charge in [-0.15, -0.1) is 11.3 Å². The first-order valence-corrected chi connectivity index (χ1v) is 9.59. The van der Waals surface area contributed by atoms with E-state index in [4.69, 9.17) is 0 Å². The third-order valence-corrected chi connectivity index (χ3v) is 6.66. The van der Waals surface area contributed by atoms with Gasteiger partial charge in [-0.1, -0.05) is 6.07 Å². The normalized spacial score (nSPS) is 19.4. The van der Waals surface area contributed by atoms with Gasteiger partial charge in [-0.2, -0.15) is 0 Å². The number of hydrogen-bond donors (Lipinski definition) is 0. The maximum atomic E-state index is 12.3. The second kappa shape index (κ2) is 6.89. The zero-order valence-electron chi connectivity index (χ0n) is 12.5. The summed E-state index contributed by atoms with van der Waals surface area (Å²) in [5.74, 6) is 0.462. The number of sulfonamides is 1. The number of carbonyl (C=O) groups excluding carboxylic acids is 1. The molecular weight excluding hydrogens is 308 g/mol. The van der Waals surface area contributed by atoms with Crippen molar-refractivity contribution >= 4 is 27.3 Å². The Morgan fingerprint density at radius 2 is 2.29 bits per heavy atom. The van der Waals surface area contributed by atoms with Gasteiger partial charge in [-0.05, 0) is 30.2 Å². The first-order valence-electron chi connectivity index (χ1n) is 7.10. The molecule has 7 heteroatoms. The van der Waals surface area contributed by atoms with Crippen LogP contribution in [0, 0.1) is 5.92 Å². The monoisotopic (exact) mass is 330 g/mol. The quantitative estimate of drug-likeness (QED) is 0.793. The molecule has 1 saturated heterocycles. The molecule has 0 aliphatic carbocycles. The Balaban J connectivity index is 1.84. The minimum Gasteiger partial charge on any atom is -0.343 e. The van der Waals surface area contributed by atoms with E-state index < -0.39 is 10.0 Å². The van der Waals surface area contributed by atoms with Crippen molar-refractivity contribution in [3.05, 3.63) is 22.4 Å². The summed E-state index contributed by atoms with van der Waals surface area (Å²) in [6, 6.07) is 3.90. The largest absolute Gasteiger partial charge is 0.343 e. The Morgan fingerprint density at radius 1 is 1.52 bits per heavy atom. The van der Waals surface area contributed by atoms with Crippen molar-refractivity contribution in [1.29, 1.82) is 0 Å². The van der Waals surface area contributed by atoms with Gasteiger partial charge in [0.1, 0.15) is 0 Å². The lowest BCUT2D eigenvalue weighted by Crippen LogP contribution is -2.35. The van der Waals surface area contributed by atoms with Gasteiger partial charge in [0.15, 0.2) is 0 Å². The number of likely N-dealkylation sites (tertiary alicyclic amines) is 1. The number of hydrogen-bond acceptors (Lipinski definition) is 4. The third kappa shape index (κ3) is 4.52. The lowest BCUT2D eigenvalue weighted by molar-refractivity contribution is -0.127. The molecule has 1 amide bonds. The summed E-state index contributed by atoms with van der Waals surface area (Å²) >= 11 is 1.58. The van der Waals surface area contributed by atoms with Gasteiger partial charge in [0.2, 0.25) is 15.9 Å². The molecule has 1 aliphatic heterocycles. The summed E-state index contributed by atoms with van der Waals surface area (Å²) in [4.78, 5) is 14.2. The molecule has 0 radical (unpaired) electrons. The summed E-state index contributed by atoms with van der Waals surface area (Å²) in [6.07, 6.45) is 1.44. The summed E-state index contributed by atoms with van der Waals surface area (Å²) in [5.41, 5.74) is 0. The van der Waals surface area contributed by atoms with Crippen LogP contribution in [0.3, 0.4) is 0 Å². The van der Waals surface area contributed by atoms with Crippen LogP contribution in [-0.2, 0) is 21.2 Å². The molecule has 1 atom stereocenters. The van der Waals surface area contributed by atoms with Crippen molar-refractivity contribution in [2.45, 2.75) is 19.8 Å². The minimum atomic E-state index is -3.23. The molecule has 0 spiro atoms. The van der Waals surface area contributed by atoms with E-state index in [1.54, 1.807) is 30.2 Å². The number of nitrogens with zero attached hydrogens (tertiary/aromatic N) is 2. The summed E-state index contributed by atoms with van der Waals surface area (Å²) in [5, 5.41) is 1.96. The molecule has 118 valence electrons. The minimum absolute atomic E-state index is 0.0701. The van der Waals surface area contributed by atoms with Crippen LogP contribution in [0.1, 0.15) is 18.2 Å². The predicted octanol–water partition coefficient (Wildman–Crippen LogP) is 1.42. The molecule has 0 aromatic carbocycles. The van der Waals surface area contributed by atoms with Gasteiger partial charge < -0.3 is 4.90 Å². The predicted molar refractivity (Wildman–Crippen MR) is 84.8 cm³/mol. The lowest BCUT2D eigenvalue weighted by atomic mass is 10.1. The van der Waals surface area contributed by atoms with Crippen LogP contribution < -0.4 is 0 Å². The second-order valence-electron chi connectivity index (χ2n) is 5.55. The van der Waals surface area contributed by atoms with Crippen LogP contribution in [0.4, 0.5) is 0 Å². The highest BCUT2D eigenvalue weighted by atomic mass is 32.2. The highest BCUT2D eigenvalue weighted by Crippen LogP contribution is 2.19. The van der Waals surface area contributed by atoms with Gasteiger partial charge in [0.25, 0.3) is 0 Å². The standard InChI is InChI=1S/C14H22N2O3S2/c1-12(17)16-7-5-13(11-16)10-15(2)21(18,19)9-6-14-4-3-8-20-14/h3-4,8,13H,5-7,9-11H2,1-2H3. The smallest absolute Gasteiger partial charge is 0.219 e. The average Bonchev–Trinajstić information content (AvgIpc) is 3.07. The van der Waals surface area contributed by atoms with Crippen LogP contribution in [0.5, 0.6) is 0 Å². The molecule has 1 aliphatic rings. The Bertz CT molecular complexity index is 569. The first kappa shape index (κ1) is 16.5. The molecule has 1 unspecified atom stereocenters. The summed E-state index contributed by atoms with van der Waals surface area (Å²) < 4.78 is 26.0. The van der Waals surface area contributed by atoms with E-state index in [0.717, 1.165) is 17.8 Å². The maximum Gasteiger partial charge on any atom is 0.219 e. The fraction of sp³-hybridized carbons (Fsp3) is 0.643. The van der Waals surface area contributed by atoms with E-state index in [2.05, 4.69) is 0 Å². The summed E-state index contributed by atoms with van der Waals surface area (Å²) in [6.45, 7) is 3.46. The topological polar surface area (TPSA) is 57.7 Å². The highest BCUT2D eigenvalue weighted by molar-refractivity contribution is 7.89. The first-order chi connectivity index (χ1) is 9.88.